The summed E-state index contributed by atoms with van der Waals surface area (Å²) in [4.78, 5) is 38.9. The molecular weight excluding hydrogens is 353 g/mol. The molecule has 0 aliphatic rings. The Labute approximate surface area is 152 Å². The maximum Gasteiger partial charge on any atom is 0.360 e. The van der Waals surface area contributed by atoms with Crippen LogP contribution in [0.5, 0.6) is 0 Å². The van der Waals surface area contributed by atoms with Crippen molar-refractivity contribution in [3.63, 3.8) is 0 Å². The SMILES string of the molecule is O=C(Nc1ccc(=O)n([C@H](F)C(=O)O)c1)c1cccc(-c2cccnc2)c1. The van der Waals surface area contributed by atoms with Crippen LogP contribution in [0.15, 0.2) is 71.9 Å². The minimum absolute atomic E-state index is 0.0929. The summed E-state index contributed by atoms with van der Waals surface area (Å²) in [5.74, 6) is -2.29. The van der Waals surface area contributed by atoms with Crippen LogP contribution >= 0.6 is 0 Å². The van der Waals surface area contributed by atoms with Gasteiger partial charge in [-0.1, -0.05) is 18.2 Å². The third-order valence-corrected chi connectivity index (χ3v) is 3.76. The van der Waals surface area contributed by atoms with Gasteiger partial charge in [-0.15, -0.1) is 0 Å². The summed E-state index contributed by atoms with van der Waals surface area (Å²) in [6, 6.07) is 12.7. The Morgan fingerprint density at radius 1 is 1.11 bits per heavy atom. The lowest BCUT2D eigenvalue weighted by Gasteiger charge is -2.11. The van der Waals surface area contributed by atoms with Crippen molar-refractivity contribution in [1.29, 1.82) is 0 Å². The highest BCUT2D eigenvalue weighted by molar-refractivity contribution is 6.04. The molecular formula is C19H14FN3O4. The molecule has 1 atom stereocenters. The number of carboxylic acid groups (broad SMARTS) is 1. The Morgan fingerprint density at radius 3 is 2.59 bits per heavy atom. The molecule has 8 heteroatoms. The summed E-state index contributed by atoms with van der Waals surface area (Å²) in [6.45, 7) is 0. The second kappa shape index (κ2) is 7.61. The zero-order valence-corrected chi connectivity index (χ0v) is 13.9. The summed E-state index contributed by atoms with van der Waals surface area (Å²) < 4.78 is 14.0. The van der Waals surface area contributed by atoms with E-state index in [0.29, 0.717) is 10.1 Å². The molecule has 3 rings (SSSR count). The summed E-state index contributed by atoms with van der Waals surface area (Å²) >= 11 is 0. The van der Waals surface area contributed by atoms with Gasteiger partial charge in [0, 0.05) is 35.8 Å². The first-order valence-corrected chi connectivity index (χ1v) is 7.86. The van der Waals surface area contributed by atoms with Crippen LogP contribution in [0.1, 0.15) is 16.7 Å². The van der Waals surface area contributed by atoms with Crippen LogP contribution in [0, 0.1) is 0 Å². The highest BCUT2D eigenvalue weighted by Gasteiger charge is 2.19. The third-order valence-electron chi connectivity index (χ3n) is 3.76. The predicted molar refractivity (Wildman–Crippen MR) is 96.1 cm³/mol. The third kappa shape index (κ3) is 4.06. The summed E-state index contributed by atoms with van der Waals surface area (Å²) in [7, 11) is 0. The van der Waals surface area contributed by atoms with Gasteiger partial charge < -0.3 is 10.4 Å². The molecule has 0 fully saturated rings. The number of nitrogens with one attached hydrogen (secondary N) is 1. The zero-order chi connectivity index (χ0) is 19.4. The smallest absolute Gasteiger partial charge is 0.360 e. The van der Waals surface area contributed by atoms with Gasteiger partial charge in [0.1, 0.15) is 0 Å². The van der Waals surface area contributed by atoms with E-state index in [2.05, 4.69) is 10.3 Å². The highest BCUT2D eigenvalue weighted by Crippen LogP contribution is 2.20. The van der Waals surface area contributed by atoms with Crippen molar-refractivity contribution in [1.82, 2.24) is 9.55 Å². The lowest BCUT2D eigenvalue weighted by atomic mass is 10.0. The van der Waals surface area contributed by atoms with Crippen molar-refractivity contribution in [3.8, 4) is 11.1 Å². The molecule has 0 aliphatic carbocycles. The van der Waals surface area contributed by atoms with Crippen molar-refractivity contribution < 1.29 is 19.1 Å². The fraction of sp³-hybridized carbons (Fsp3) is 0.0526. The molecule has 0 aliphatic heterocycles. The van der Waals surface area contributed by atoms with E-state index in [4.69, 9.17) is 5.11 Å². The van der Waals surface area contributed by atoms with E-state index >= 15 is 0 Å². The number of nitrogens with zero attached hydrogens (tertiary/aromatic N) is 2. The number of aliphatic carboxylic acids is 1. The number of benzene rings is 1. The quantitative estimate of drug-likeness (QED) is 0.722. The molecule has 0 saturated heterocycles. The number of pyridine rings is 2. The van der Waals surface area contributed by atoms with E-state index in [1.807, 2.05) is 12.1 Å². The molecule has 2 N–H and O–H groups in total. The van der Waals surface area contributed by atoms with Gasteiger partial charge in [0.05, 0.1) is 5.69 Å². The summed E-state index contributed by atoms with van der Waals surface area (Å²) in [6.07, 6.45) is 1.72. The Bertz CT molecular complexity index is 1050. The Morgan fingerprint density at radius 2 is 1.89 bits per heavy atom. The number of anilines is 1. The van der Waals surface area contributed by atoms with Crippen LogP contribution in [-0.2, 0) is 4.79 Å². The van der Waals surface area contributed by atoms with Crippen molar-refractivity contribution in [2.75, 3.05) is 5.32 Å². The molecule has 0 radical (unpaired) electrons. The lowest BCUT2D eigenvalue weighted by Crippen LogP contribution is -2.27. The van der Waals surface area contributed by atoms with Gasteiger partial charge in [0.15, 0.2) is 0 Å². The zero-order valence-electron chi connectivity index (χ0n) is 13.9. The van der Waals surface area contributed by atoms with Crippen LogP contribution in [0.3, 0.4) is 0 Å². The monoisotopic (exact) mass is 367 g/mol. The van der Waals surface area contributed by atoms with Gasteiger partial charge in [-0.05, 0) is 29.8 Å². The number of halogens is 1. The minimum atomic E-state index is -2.54. The molecule has 3 aromatic rings. The van der Waals surface area contributed by atoms with E-state index in [1.165, 1.54) is 6.07 Å². The van der Waals surface area contributed by atoms with Gasteiger partial charge in [0.2, 0.25) is 0 Å². The van der Waals surface area contributed by atoms with Crippen LogP contribution in [0.2, 0.25) is 0 Å². The average Bonchev–Trinajstić information content (AvgIpc) is 2.69. The van der Waals surface area contributed by atoms with Gasteiger partial charge in [-0.25, -0.2) is 9.18 Å². The van der Waals surface area contributed by atoms with Crippen LogP contribution in [-0.4, -0.2) is 26.5 Å². The number of carboxylic acids is 1. The van der Waals surface area contributed by atoms with Crippen LogP contribution in [0.25, 0.3) is 11.1 Å². The molecule has 1 aromatic carbocycles. The van der Waals surface area contributed by atoms with Crippen molar-refractivity contribution in [3.05, 3.63) is 83.0 Å². The molecule has 136 valence electrons. The number of aromatic nitrogens is 2. The molecule has 0 unspecified atom stereocenters. The van der Waals surface area contributed by atoms with Gasteiger partial charge in [-0.3, -0.25) is 19.1 Å². The number of carbonyl (C=O) groups excluding carboxylic acids is 1. The molecule has 7 nitrogen and oxygen atoms in total. The highest BCUT2D eigenvalue weighted by atomic mass is 19.1. The first kappa shape index (κ1) is 18.0. The van der Waals surface area contributed by atoms with Crippen LogP contribution in [0.4, 0.5) is 10.1 Å². The van der Waals surface area contributed by atoms with Crippen molar-refractivity contribution in [2.24, 2.45) is 0 Å². The fourth-order valence-corrected chi connectivity index (χ4v) is 2.45. The number of alkyl halides is 1. The van der Waals surface area contributed by atoms with E-state index < -0.39 is 23.7 Å². The molecule has 2 aromatic heterocycles. The first-order valence-electron chi connectivity index (χ1n) is 7.86. The number of hydrogen-bond acceptors (Lipinski definition) is 4. The predicted octanol–water partition coefficient (Wildman–Crippen LogP) is 2.72. The largest absolute Gasteiger partial charge is 0.478 e. The summed E-state index contributed by atoms with van der Waals surface area (Å²) in [5.41, 5.74) is 1.22. The van der Waals surface area contributed by atoms with E-state index in [1.54, 1.807) is 36.7 Å². The number of hydrogen-bond donors (Lipinski definition) is 2. The molecule has 1 amide bonds. The number of rotatable bonds is 5. The molecule has 0 bridgehead atoms. The number of amides is 1. The van der Waals surface area contributed by atoms with Crippen molar-refractivity contribution >= 4 is 17.6 Å². The van der Waals surface area contributed by atoms with Gasteiger partial charge >= 0.3 is 5.97 Å². The lowest BCUT2D eigenvalue weighted by molar-refractivity contribution is -0.146. The molecule has 0 saturated carbocycles. The fourth-order valence-electron chi connectivity index (χ4n) is 2.45. The van der Waals surface area contributed by atoms with Crippen LogP contribution < -0.4 is 10.9 Å². The van der Waals surface area contributed by atoms with E-state index in [9.17, 15) is 18.8 Å². The van der Waals surface area contributed by atoms with Gasteiger partial charge in [0.25, 0.3) is 17.8 Å². The Kier molecular flexibility index (Phi) is 5.07. The second-order valence-corrected chi connectivity index (χ2v) is 5.61. The van der Waals surface area contributed by atoms with Gasteiger partial charge in [-0.2, -0.15) is 0 Å². The topological polar surface area (TPSA) is 101 Å². The average molecular weight is 367 g/mol. The van der Waals surface area contributed by atoms with E-state index in [0.717, 1.165) is 23.4 Å². The maximum absolute atomic E-state index is 13.6. The molecule has 27 heavy (non-hydrogen) atoms. The van der Waals surface area contributed by atoms with Crippen molar-refractivity contribution in [2.45, 2.75) is 6.30 Å². The summed E-state index contributed by atoms with van der Waals surface area (Å²) in [5, 5.41) is 11.2. The maximum atomic E-state index is 13.6. The second-order valence-electron chi connectivity index (χ2n) is 5.61. The first-order chi connectivity index (χ1) is 13.0. The molecule has 2 heterocycles. The number of carbonyl (C=O) groups is 2. The standard InChI is InChI=1S/C19H14FN3O4/c20-17(19(26)27)23-11-15(6-7-16(23)24)22-18(25)13-4-1-3-12(9-13)14-5-2-8-21-10-14/h1-11,17H,(H,22,25)(H,26,27)/t17-/m0/s1. The Balaban J connectivity index is 1.85. The minimum Gasteiger partial charge on any atom is -0.478 e. The normalized spacial score (nSPS) is 11.6. The Hall–Kier alpha value is -3.81. The van der Waals surface area contributed by atoms with E-state index in [-0.39, 0.29) is 5.69 Å². The molecule has 0 spiro atoms.